The Bertz CT molecular complexity index is 473. The number of nitrogens with two attached hydrogens (primary N) is 1. The molecule has 1 rings (SSSR count). The third-order valence-electron chi connectivity index (χ3n) is 2.90. The Morgan fingerprint density at radius 2 is 2.00 bits per heavy atom. The van der Waals surface area contributed by atoms with E-state index in [9.17, 15) is 12.8 Å². The number of halogens is 1. The number of hydrogen-bond donors (Lipinski definition) is 1. The van der Waals surface area contributed by atoms with Crippen molar-refractivity contribution in [2.75, 3.05) is 5.75 Å². The van der Waals surface area contributed by atoms with Crippen LogP contribution in [0.5, 0.6) is 0 Å². The van der Waals surface area contributed by atoms with Crippen LogP contribution in [0.25, 0.3) is 0 Å². The van der Waals surface area contributed by atoms with Crippen LogP contribution in [0.2, 0.25) is 0 Å². The van der Waals surface area contributed by atoms with E-state index in [0.29, 0.717) is 12.0 Å². The largest absolute Gasteiger partial charge is 0.323 e. The van der Waals surface area contributed by atoms with E-state index >= 15 is 0 Å². The third kappa shape index (κ3) is 3.26. The molecule has 5 heteroatoms. The van der Waals surface area contributed by atoms with Gasteiger partial charge in [0.2, 0.25) is 0 Å². The zero-order chi connectivity index (χ0) is 13.1. The van der Waals surface area contributed by atoms with Crippen LogP contribution in [-0.2, 0) is 9.84 Å². The Balaban J connectivity index is 3.06. The molecule has 0 fully saturated rings. The molecule has 2 N–H and O–H groups in total. The molecule has 0 radical (unpaired) electrons. The minimum absolute atomic E-state index is 0.0501. The molecule has 0 aromatic heterocycles. The maximum absolute atomic E-state index is 13.1. The van der Waals surface area contributed by atoms with Crippen molar-refractivity contribution in [3.05, 3.63) is 35.6 Å². The molecule has 0 heterocycles. The molecule has 0 aliphatic carbocycles. The van der Waals surface area contributed by atoms with Crippen LogP contribution in [0.3, 0.4) is 0 Å². The van der Waals surface area contributed by atoms with Gasteiger partial charge in [0.1, 0.15) is 5.82 Å². The minimum atomic E-state index is -3.22. The lowest BCUT2D eigenvalue weighted by Crippen LogP contribution is -2.34. The van der Waals surface area contributed by atoms with E-state index in [1.165, 1.54) is 18.2 Å². The smallest absolute Gasteiger partial charge is 0.154 e. The van der Waals surface area contributed by atoms with Crippen molar-refractivity contribution in [3.63, 3.8) is 0 Å². The van der Waals surface area contributed by atoms with Crippen molar-refractivity contribution < 1.29 is 12.8 Å². The highest BCUT2D eigenvalue weighted by molar-refractivity contribution is 7.92. The Labute approximate surface area is 102 Å². The van der Waals surface area contributed by atoms with E-state index < -0.39 is 26.9 Å². The molecule has 2 atom stereocenters. The molecule has 96 valence electrons. The molecule has 0 saturated heterocycles. The van der Waals surface area contributed by atoms with Gasteiger partial charge in [0.25, 0.3) is 0 Å². The van der Waals surface area contributed by atoms with Crippen LogP contribution in [-0.4, -0.2) is 19.4 Å². The van der Waals surface area contributed by atoms with Gasteiger partial charge in [-0.05, 0) is 24.1 Å². The van der Waals surface area contributed by atoms with E-state index in [0.717, 1.165) is 0 Å². The highest BCUT2D eigenvalue weighted by Gasteiger charge is 2.29. The average molecular weight is 259 g/mol. The van der Waals surface area contributed by atoms with Crippen LogP contribution in [0.1, 0.15) is 31.9 Å². The summed E-state index contributed by atoms with van der Waals surface area (Å²) >= 11 is 0. The summed E-state index contributed by atoms with van der Waals surface area (Å²) in [6, 6.07) is 5.11. The SMILES string of the molecule is CCC(C(N)c1cccc(F)c1)S(=O)(=O)CC. The molecular formula is C12H18FNO2S. The maximum Gasteiger partial charge on any atom is 0.154 e. The lowest BCUT2D eigenvalue weighted by atomic mass is 10.0. The van der Waals surface area contributed by atoms with E-state index in [1.807, 2.05) is 0 Å². The summed E-state index contributed by atoms with van der Waals surface area (Å²) in [6.07, 6.45) is 0.424. The molecule has 17 heavy (non-hydrogen) atoms. The van der Waals surface area contributed by atoms with Crippen molar-refractivity contribution in [1.82, 2.24) is 0 Å². The maximum atomic E-state index is 13.1. The van der Waals surface area contributed by atoms with Gasteiger partial charge in [0.05, 0.1) is 5.25 Å². The minimum Gasteiger partial charge on any atom is -0.323 e. The average Bonchev–Trinajstić information content (AvgIpc) is 2.29. The zero-order valence-electron chi connectivity index (χ0n) is 10.1. The number of rotatable bonds is 5. The van der Waals surface area contributed by atoms with E-state index in [-0.39, 0.29) is 5.75 Å². The molecule has 0 spiro atoms. The number of sulfone groups is 1. The van der Waals surface area contributed by atoms with E-state index in [2.05, 4.69) is 0 Å². The van der Waals surface area contributed by atoms with Crippen molar-refractivity contribution >= 4 is 9.84 Å². The summed E-state index contributed by atoms with van der Waals surface area (Å²) < 4.78 is 36.8. The fourth-order valence-electron chi connectivity index (χ4n) is 1.87. The highest BCUT2D eigenvalue weighted by Crippen LogP contribution is 2.23. The molecule has 0 aliphatic rings. The summed E-state index contributed by atoms with van der Waals surface area (Å²) in [5.74, 6) is -0.351. The van der Waals surface area contributed by atoms with Crippen LogP contribution < -0.4 is 5.73 Å². The molecule has 2 unspecified atom stereocenters. The lowest BCUT2D eigenvalue weighted by molar-refractivity contribution is 0.546. The molecule has 0 aliphatic heterocycles. The van der Waals surface area contributed by atoms with Gasteiger partial charge in [-0.1, -0.05) is 26.0 Å². The molecule has 0 amide bonds. The topological polar surface area (TPSA) is 60.2 Å². The summed E-state index contributed by atoms with van der Waals surface area (Å²) in [5.41, 5.74) is 6.46. The Morgan fingerprint density at radius 1 is 1.35 bits per heavy atom. The van der Waals surface area contributed by atoms with Crippen LogP contribution in [0, 0.1) is 5.82 Å². The molecule has 1 aromatic rings. The molecule has 0 saturated carbocycles. The van der Waals surface area contributed by atoms with Gasteiger partial charge in [-0.3, -0.25) is 0 Å². The van der Waals surface area contributed by atoms with Gasteiger partial charge in [0.15, 0.2) is 9.84 Å². The Kier molecular flexibility index (Phi) is 4.65. The first-order valence-electron chi connectivity index (χ1n) is 5.65. The summed E-state index contributed by atoms with van der Waals surface area (Å²) in [6.45, 7) is 3.37. The molecule has 3 nitrogen and oxygen atoms in total. The molecule has 1 aromatic carbocycles. The standard InChI is InChI=1S/C12H18FNO2S/c1-3-11(17(15,16)4-2)12(14)9-6-5-7-10(13)8-9/h5-8,11-12H,3-4,14H2,1-2H3. The van der Waals surface area contributed by atoms with Crippen LogP contribution in [0.15, 0.2) is 24.3 Å². The normalized spacial score (nSPS) is 15.5. The summed E-state index contributed by atoms with van der Waals surface area (Å²) in [4.78, 5) is 0. The summed E-state index contributed by atoms with van der Waals surface area (Å²) in [5, 5.41) is -0.658. The first kappa shape index (κ1) is 14.1. The molecule has 0 bridgehead atoms. The van der Waals surface area contributed by atoms with Gasteiger partial charge < -0.3 is 5.73 Å². The highest BCUT2D eigenvalue weighted by atomic mass is 32.2. The Hall–Kier alpha value is -0.940. The monoisotopic (exact) mass is 259 g/mol. The van der Waals surface area contributed by atoms with Crippen LogP contribution >= 0.6 is 0 Å². The van der Waals surface area contributed by atoms with Gasteiger partial charge >= 0.3 is 0 Å². The summed E-state index contributed by atoms with van der Waals surface area (Å²) in [7, 11) is -3.22. The predicted molar refractivity (Wildman–Crippen MR) is 66.9 cm³/mol. The van der Waals surface area contributed by atoms with Crippen molar-refractivity contribution in [2.45, 2.75) is 31.6 Å². The fraction of sp³-hybridized carbons (Fsp3) is 0.500. The third-order valence-corrected chi connectivity index (χ3v) is 5.25. The van der Waals surface area contributed by atoms with Crippen molar-refractivity contribution in [1.29, 1.82) is 0 Å². The van der Waals surface area contributed by atoms with E-state index in [1.54, 1.807) is 19.9 Å². The van der Waals surface area contributed by atoms with Crippen molar-refractivity contribution in [3.8, 4) is 0 Å². The first-order valence-corrected chi connectivity index (χ1v) is 7.36. The quantitative estimate of drug-likeness (QED) is 0.880. The Morgan fingerprint density at radius 3 is 2.47 bits per heavy atom. The predicted octanol–water partition coefficient (Wildman–Crippen LogP) is 2.04. The van der Waals surface area contributed by atoms with Gasteiger partial charge in [-0.25, -0.2) is 12.8 Å². The van der Waals surface area contributed by atoms with E-state index in [4.69, 9.17) is 5.73 Å². The lowest BCUT2D eigenvalue weighted by Gasteiger charge is -2.22. The molecular weight excluding hydrogens is 241 g/mol. The second kappa shape index (κ2) is 5.60. The van der Waals surface area contributed by atoms with Gasteiger partial charge in [-0.2, -0.15) is 0 Å². The van der Waals surface area contributed by atoms with Gasteiger partial charge in [0, 0.05) is 11.8 Å². The van der Waals surface area contributed by atoms with Crippen molar-refractivity contribution in [2.24, 2.45) is 5.73 Å². The number of hydrogen-bond acceptors (Lipinski definition) is 3. The zero-order valence-corrected chi connectivity index (χ0v) is 10.9. The first-order chi connectivity index (χ1) is 7.92. The second-order valence-electron chi connectivity index (χ2n) is 3.98. The van der Waals surface area contributed by atoms with Crippen LogP contribution in [0.4, 0.5) is 4.39 Å². The van der Waals surface area contributed by atoms with Gasteiger partial charge in [-0.15, -0.1) is 0 Å². The number of benzene rings is 1. The second-order valence-corrected chi connectivity index (χ2v) is 6.49. The fourth-order valence-corrected chi connectivity index (χ4v) is 3.41.